The van der Waals surface area contributed by atoms with E-state index < -0.39 is 40.4 Å². The molecule has 20 heavy (non-hydrogen) atoms. The maximum atomic E-state index is 13.6. The fourth-order valence-corrected chi connectivity index (χ4v) is 1.97. The number of rotatable bonds is 4. The molecule has 0 aliphatic carbocycles. The van der Waals surface area contributed by atoms with Crippen LogP contribution in [0.4, 0.5) is 10.1 Å². The first kappa shape index (κ1) is 14.4. The van der Waals surface area contributed by atoms with Crippen molar-refractivity contribution in [2.24, 2.45) is 0 Å². The van der Waals surface area contributed by atoms with Gasteiger partial charge in [-0.25, -0.2) is 0 Å². The van der Waals surface area contributed by atoms with Crippen molar-refractivity contribution in [2.75, 3.05) is 0 Å². The number of carboxylic acids is 1. The molecule has 0 bridgehead atoms. The van der Waals surface area contributed by atoms with Crippen molar-refractivity contribution in [3.8, 4) is 0 Å². The molecule has 1 N–H and O–H groups in total. The molecule has 1 aliphatic heterocycles. The second kappa shape index (κ2) is 4.80. The smallest absolute Gasteiger partial charge is 0.319 e. The number of benzene rings is 1. The number of aliphatic carboxylic acids is 1. The number of nitrogens with zero attached hydrogens (tertiary/aromatic N) is 1. The molecule has 108 valence electrons. The summed E-state index contributed by atoms with van der Waals surface area (Å²) in [4.78, 5) is 21.2. The highest BCUT2D eigenvalue weighted by Crippen LogP contribution is 2.38. The summed E-state index contributed by atoms with van der Waals surface area (Å²) in [5, 5.41) is 19.9. The van der Waals surface area contributed by atoms with Crippen LogP contribution < -0.4 is 0 Å². The van der Waals surface area contributed by atoms with Crippen molar-refractivity contribution in [2.45, 2.75) is 31.8 Å². The third-order valence-electron chi connectivity index (χ3n) is 3.29. The van der Waals surface area contributed by atoms with Gasteiger partial charge in [-0.15, -0.1) is 0 Å². The lowest BCUT2D eigenvalue weighted by Gasteiger charge is -2.43. The van der Waals surface area contributed by atoms with Crippen LogP contribution in [0.5, 0.6) is 0 Å². The van der Waals surface area contributed by atoms with Gasteiger partial charge in [-0.05, 0) is 25.5 Å². The molecule has 0 radical (unpaired) electrons. The van der Waals surface area contributed by atoms with Crippen LogP contribution in [-0.2, 0) is 19.7 Å². The first-order valence-corrected chi connectivity index (χ1v) is 5.75. The lowest BCUT2D eigenvalue weighted by molar-refractivity contribution is -0.393. The average molecular weight is 285 g/mol. The fraction of sp³-hybridized carbons (Fsp3) is 0.417. The molecule has 1 aliphatic rings. The van der Waals surface area contributed by atoms with Crippen molar-refractivity contribution in [1.29, 1.82) is 0 Å². The Balaban J connectivity index is 2.43. The molecule has 0 spiro atoms. The van der Waals surface area contributed by atoms with Gasteiger partial charge in [0.1, 0.15) is 5.41 Å². The van der Waals surface area contributed by atoms with E-state index in [1.165, 1.54) is 13.0 Å². The highest BCUT2D eigenvalue weighted by molar-refractivity contribution is 5.81. The lowest BCUT2D eigenvalue weighted by atomic mass is 9.81. The summed E-state index contributed by atoms with van der Waals surface area (Å²) in [5.41, 5.74) is -2.34. The normalized spacial score (nSPS) is 24.6. The monoisotopic (exact) mass is 285 g/mol. The van der Waals surface area contributed by atoms with Crippen molar-refractivity contribution in [1.82, 2.24) is 0 Å². The molecule has 1 fully saturated rings. The summed E-state index contributed by atoms with van der Waals surface area (Å²) in [7, 11) is 0. The molecule has 1 heterocycles. The van der Waals surface area contributed by atoms with Gasteiger partial charge in [0.05, 0.1) is 4.92 Å². The second-order valence-electron chi connectivity index (χ2n) is 4.60. The number of nitro benzene ring substituents is 1. The highest BCUT2D eigenvalue weighted by atomic mass is 19.1. The molecule has 1 aromatic rings. The fourth-order valence-electron chi connectivity index (χ4n) is 1.97. The third kappa shape index (κ3) is 2.12. The minimum atomic E-state index is -1.65. The summed E-state index contributed by atoms with van der Waals surface area (Å²) in [6.07, 6.45) is -1.61. The van der Waals surface area contributed by atoms with Crippen molar-refractivity contribution in [3.05, 3.63) is 39.7 Å². The van der Waals surface area contributed by atoms with E-state index in [-0.39, 0.29) is 5.56 Å². The van der Waals surface area contributed by atoms with Crippen molar-refractivity contribution >= 4 is 11.7 Å². The highest BCUT2D eigenvalue weighted by Gasteiger charge is 2.51. The van der Waals surface area contributed by atoms with Crippen molar-refractivity contribution in [3.63, 3.8) is 0 Å². The van der Waals surface area contributed by atoms with Gasteiger partial charge in [-0.1, -0.05) is 6.07 Å². The predicted molar refractivity (Wildman–Crippen MR) is 63.5 cm³/mol. The SMILES string of the molecule is CC1OC(C(C)(C(=O)O)c2ccc([N+](=O)[O-])c(F)c2)O1. The minimum absolute atomic E-state index is 0.0324. The van der Waals surface area contributed by atoms with E-state index >= 15 is 0 Å². The molecular formula is C12H12FNO6. The quantitative estimate of drug-likeness (QED) is 0.669. The average Bonchev–Trinajstić information content (AvgIpc) is 2.33. The Labute approximate surface area is 113 Å². The van der Waals surface area contributed by atoms with Gasteiger partial charge >= 0.3 is 11.7 Å². The number of hydrogen-bond acceptors (Lipinski definition) is 5. The Morgan fingerprint density at radius 3 is 2.50 bits per heavy atom. The largest absolute Gasteiger partial charge is 0.480 e. The number of hydrogen-bond donors (Lipinski definition) is 1. The van der Waals surface area contributed by atoms with Crippen LogP contribution in [0, 0.1) is 15.9 Å². The maximum Gasteiger partial charge on any atom is 0.319 e. The molecule has 2 rings (SSSR count). The first-order valence-electron chi connectivity index (χ1n) is 5.75. The second-order valence-corrected chi connectivity index (χ2v) is 4.60. The molecule has 7 nitrogen and oxygen atoms in total. The molecule has 8 heteroatoms. The van der Waals surface area contributed by atoms with Crippen LogP contribution in [0.1, 0.15) is 19.4 Å². The number of carboxylic acid groups (broad SMARTS) is 1. The molecule has 1 unspecified atom stereocenters. The number of ether oxygens (including phenoxy) is 2. The van der Waals surface area contributed by atoms with Gasteiger partial charge < -0.3 is 14.6 Å². The van der Waals surface area contributed by atoms with Crippen molar-refractivity contribution < 1.29 is 28.7 Å². The first-order chi connectivity index (χ1) is 9.26. The molecule has 1 atom stereocenters. The summed E-state index contributed by atoms with van der Waals surface area (Å²) >= 11 is 0. The van der Waals surface area contributed by atoms with Gasteiger partial charge in [0, 0.05) is 6.07 Å². The van der Waals surface area contributed by atoms with E-state index in [1.54, 1.807) is 6.92 Å². The summed E-state index contributed by atoms with van der Waals surface area (Å²) in [6, 6.07) is 2.93. The van der Waals surface area contributed by atoms with Crippen LogP contribution in [0.2, 0.25) is 0 Å². The molecule has 0 amide bonds. The van der Waals surface area contributed by atoms with Crippen LogP contribution in [0.15, 0.2) is 18.2 Å². The molecular weight excluding hydrogens is 273 g/mol. The molecule has 1 aromatic carbocycles. The number of carbonyl (C=O) groups is 1. The third-order valence-corrected chi connectivity index (χ3v) is 3.29. The lowest BCUT2D eigenvalue weighted by Crippen LogP contribution is -2.55. The standard InChI is InChI=1S/C12H12FNO6/c1-6-19-11(20-6)12(2,10(15)16)7-3-4-9(14(17)18)8(13)5-7/h3-6,11H,1-2H3,(H,15,16). The van der Waals surface area contributed by atoms with Crippen LogP contribution in [-0.4, -0.2) is 28.6 Å². The van der Waals surface area contributed by atoms with Gasteiger partial charge in [-0.3, -0.25) is 14.9 Å². The number of nitro groups is 1. The predicted octanol–water partition coefficient (Wildman–Crippen LogP) is 1.80. The van der Waals surface area contributed by atoms with Crippen LogP contribution in [0.3, 0.4) is 0 Å². The van der Waals surface area contributed by atoms with E-state index in [9.17, 15) is 24.4 Å². The van der Waals surface area contributed by atoms with Crippen LogP contribution in [0.25, 0.3) is 0 Å². The van der Waals surface area contributed by atoms with E-state index in [2.05, 4.69) is 0 Å². The number of halogens is 1. The van der Waals surface area contributed by atoms with E-state index in [0.717, 1.165) is 12.1 Å². The zero-order valence-electron chi connectivity index (χ0n) is 10.7. The molecule has 1 saturated heterocycles. The van der Waals surface area contributed by atoms with E-state index in [0.29, 0.717) is 0 Å². The Morgan fingerprint density at radius 1 is 1.50 bits per heavy atom. The van der Waals surface area contributed by atoms with Crippen LogP contribution >= 0.6 is 0 Å². The Bertz CT molecular complexity index is 571. The zero-order chi connectivity index (χ0) is 15.1. The summed E-state index contributed by atoms with van der Waals surface area (Å²) < 4.78 is 24.0. The molecule has 0 saturated carbocycles. The summed E-state index contributed by atoms with van der Waals surface area (Å²) in [5.74, 6) is -2.38. The Kier molecular flexibility index (Phi) is 3.45. The topological polar surface area (TPSA) is 98.9 Å². The minimum Gasteiger partial charge on any atom is -0.480 e. The van der Waals surface area contributed by atoms with Gasteiger partial charge in [0.15, 0.2) is 12.6 Å². The molecule has 0 aromatic heterocycles. The Hall–Kier alpha value is -2.06. The van der Waals surface area contributed by atoms with E-state index in [1.807, 2.05) is 0 Å². The zero-order valence-corrected chi connectivity index (χ0v) is 10.7. The Morgan fingerprint density at radius 2 is 2.10 bits per heavy atom. The van der Waals surface area contributed by atoms with Gasteiger partial charge in [0.2, 0.25) is 5.82 Å². The van der Waals surface area contributed by atoms with E-state index in [4.69, 9.17) is 9.47 Å². The summed E-state index contributed by atoms with van der Waals surface area (Å²) in [6.45, 7) is 2.90. The van der Waals surface area contributed by atoms with Gasteiger partial charge in [0.25, 0.3) is 0 Å². The maximum absolute atomic E-state index is 13.6. The van der Waals surface area contributed by atoms with Gasteiger partial charge in [-0.2, -0.15) is 4.39 Å².